The Labute approximate surface area is 101 Å². The smallest absolute Gasteiger partial charge is 0.260 e. The van der Waals surface area contributed by atoms with Crippen LogP contribution in [0.2, 0.25) is 0 Å². The van der Waals surface area contributed by atoms with Gasteiger partial charge >= 0.3 is 0 Å². The lowest BCUT2D eigenvalue weighted by Gasteiger charge is -2.16. The van der Waals surface area contributed by atoms with Gasteiger partial charge in [-0.2, -0.15) is 4.31 Å². The number of hydrogen-bond acceptors (Lipinski definition) is 4. The van der Waals surface area contributed by atoms with E-state index in [0.717, 1.165) is 6.42 Å². The average molecular weight is 258 g/mol. The van der Waals surface area contributed by atoms with Crippen molar-refractivity contribution >= 4 is 10.0 Å². The van der Waals surface area contributed by atoms with E-state index in [9.17, 15) is 8.42 Å². The number of nitrogens with two attached hydrogens (primary N) is 1. The van der Waals surface area contributed by atoms with Crippen molar-refractivity contribution in [1.29, 1.82) is 0 Å². The van der Waals surface area contributed by atoms with E-state index in [1.165, 1.54) is 10.5 Å². The van der Waals surface area contributed by atoms with Crippen LogP contribution in [-0.4, -0.2) is 41.8 Å². The molecule has 2 unspecified atom stereocenters. The monoisotopic (exact) mass is 258 g/mol. The summed E-state index contributed by atoms with van der Waals surface area (Å²) in [6.07, 6.45) is 2.19. The van der Waals surface area contributed by atoms with Gasteiger partial charge in [-0.05, 0) is 26.2 Å². The van der Waals surface area contributed by atoms with Crippen molar-refractivity contribution < 1.29 is 8.42 Å². The Morgan fingerprint density at radius 3 is 2.82 bits per heavy atom. The van der Waals surface area contributed by atoms with Crippen LogP contribution >= 0.6 is 0 Å². The third-order valence-corrected chi connectivity index (χ3v) is 5.00. The van der Waals surface area contributed by atoms with Gasteiger partial charge in [-0.25, -0.2) is 13.4 Å². The topological polar surface area (TPSA) is 92.1 Å². The van der Waals surface area contributed by atoms with Gasteiger partial charge in [0.1, 0.15) is 5.82 Å². The van der Waals surface area contributed by atoms with Crippen molar-refractivity contribution in [2.24, 2.45) is 11.7 Å². The number of aromatic amines is 1. The molecule has 1 aliphatic heterocycles. The number of rotatable bonds is 3. The molecule has 1 aromatic heterocycles. The maximum absolute atomic E-state index is 12.2. The van der Waals surface area contributed by atoms with Gasteiger partial charge in [0.15, 0.2) is 5.03 Å². The van der Waals surface area contributed by atoms with Gasteiger partial charge in [0.2, 0.25) is 0 Å². The number of aryl methyl sites for hydroxylation is 1. The Morgan fingerprint density at radius 1 is 1.65 bits per heavy atom. The summed E-state index contributed by atoms with van der Waals surface area (Å²) < 4.78 is 25.9. The molecule has 0 aliphatic carbocycles. The number of imidazole rings is 1. The first-order chi connectivity index (χ1) is 7.91. The Balaban J connectivity index is 2.18. The van der Waals surface area contributed by atoms with Crippen LogP contribution in [0.25, 0.3) is 0 Å². The van der Waals surface area contributed by atoms with Gasteiger partial charge in [0, 0.05) is 19.1 Å². The molecule has 3 N–H and O–H groups in total. The molecule has 0 saturated carbocycles. The van der Waals surface area contributed by atoms with E-state index in [1.54, 1.807) is 6.92 Å². The van der Waals surface area contributed by atoms with Crippen LogP contribution in [0.3, 0.4) is 0 Å². The molecule has 0 aromatic carbocycles. The molecule has 0 radical (unpaired) electrons. The lowest BCUT2D eigenvalue weighted by atomic mass is 10.0. The largest absolute Gasteiger partial charge is 0.332 e. The maximum Gasteiger partial charge on any atom is 0.260 e. The van der Waals surface area contributed by atoms with E-state index in [0.29, 0.717) is 18.9 Å². The van der Waals surface area contributed by atoms with Crippen molar-refractivity contribution in [2.75, 3.05) is 13.1 Å². The molecular formula is C10H18N4O2S. The van der Waals surface area contributed by atoms with Gasteiger partial charge < -0.3 is 10.7 Å². The highest BCUT2D eigenvalue weighted by Crippen LogP contribution is 2.24. The van der Waals surface area contributed by atoms with Gasteiger partial charge in [0.05, 0.1) is 6.20 Å². The van der Waals surface area contributed by atoms with Crippen LogP contribution in [0.5, 0.6) is 0 Å². The van der Waals surface area contributed by atoms with E-state index in [2.05, 4.69) is 9.97 Å². The van der Waals surface area contributed by atoms with E-state index >= 15 is 0 Å². The second kappa shape index (κ2) is 4.40. The molecular weight excluding hydrogens is 240 g/mol. The standard InChI is InChI=1S/C10H18N4O2S/c1-7(11)9-3-4-14(6-9)17(15,16)10-5-12-8(2)13-10/h5,7,9H,3-4,6,11H2,1-2H3,(H,12,13). The lowest BCUT2D eigenvalue weighted by Crippen LogP contribution is -2.33. The van der Waals surface area contributed by atoms with Crippen molar-refractivity contribution in [3.63, 3.8) is 0 Å². The lowest BCUT2D eigenvalue weighted by molar-refractivity contribution is 0.428. The SMILES string of the molecule is Cc1ncc(S(=O)(=O)N2CCC(C(C)N)C2)[nH]1. The van der Waals surface area contributed by atoms with Gasteiger partial charge in [-0.1, -0.05) is 0 Å². The molecule has 17 heavy (non-hydrogen) atoms. The first kappa shape index (κ1) is 12.5. The zero-order valence-corrected chi connectivity index (χ0v) is 10.9. The molecule has 2 rings (SSSR count). The van der Waals surface area contributed by atoms with Crippen molar-refractivity contribution in [1.82, 2.24) is 14.3 Å². The molecule has 1 fully saturated rings. The predicted molar refractivity (Wildman–Crippen MR) is 63.8 cm³/mol. The summed E-state index contributed by atoms with van der Waals surface area (Å²) in [7, 11) is -3.42. The van der Waals surface area contributed by atoms with Crippen LogP contribution in [0.15, 0.2) is 11.2 Å². The Bertz CT molecular complexity index is 494. The van der Waals surface area contributed by atoms with E-state index < -0.39 is 10.0 Å². The van der Waals surface area contributed by atoms with E-state index in [4.69, 9.17) is 5.73 Å². The van der Waals surface area contributed by atoms with Gasteiger partial charge in [-0.3, -0.25) is 0 Å². The quantitative estimate of drug-likeness (QED) is 0.803. The zero-order valence-electron chi connectivity index (χ0n) is 10.0. The van der Waals surface area contributed by atoms with Crippen molar-refractivity contribution in [3.05, 3.63) is 12.0 Å². The maximum atomic E-state index is 12.2. The summed E-state index contributed by atoms with van der Waals surface area (Å²) in [5.41, 5.74) is 5.80. The van der Waals surface area contributed by atoms with Crippen molar-refractivity contribution in [3.8, 4) is 0 Å². The van der Waals surface area contributed by atoms with Crippen LogP contribution in [-0.2, 0) is 10.0 Å². The molecule has 1 aromatic rings. The summed E-state index contributed by atoms with van der Waals surface area (Å²) in [4.78, 5) is 6.69. The minimum absolute atomic E-state index is 0.0266. The fourth-order valence-electron chi connectivity index (χ4n) is 2.07. The summed E-state index contributed by atoms with van der Waals surface area (Å²) in [5.74, 6) is 0.848. The molecule has 1 saturated heterocycles. The number of aromatic nitrogens is 2. The Kier molecular flexibility index (Phi) is 3.24. The zero-order chi connectivity index (χ0) is 12.6. The molecule has 96 valence electrons. The number of hydrogen-bond donors (Lipinski definition) is 2. The number of nitrogens with zero attached hydrogens (tertiary/aromatic N) is 2. The van der Waals surface area contributed by atoms with Crippen LogP contribution in [0, 0.1) is 12.8 Å². The molecule has 2 atom stereocenters. The highest BCUT2D eigenvalue weighted by Gasteiger charge is 2.34. The van der Waals surface area contributed by atoms with E-state index in [1.807, 2.05) is 6.92 Å². The van der Waals surface area contributed by atoms with Crippen LogP contribution in [0.1, 0.15) is 19.2 Å². The number of H-pyrrole nitrogens is 1. The Morgan fingerprint density at radius 2 is 2.35 bits per heavy atom. The minimum atomic E-state index is -3.42. The summed E-state index contributed by atoms with van der Waals surface area (Å²) in [6.45, 7) is 4.68. The van der Waals surface area contributed by atoms with Crippen LogP contribution in [0.4, 0.5) is 0 Å². The third kappa shape index (κ3) is 2.36. The fraction of sp³-hybridized carbons (Fsp3) is 0.700. The second-order valence-electron chi connectivity index (χ2n) is 4.60. The summed E-state index contributed by atoms with van der Waals surface area (Å²) in [6, 6.07) is 0.0266. The first-order valence-electron chi connectivity index (χ1n) is 5.68. The van der Waals surface area contributed by atoms with Crippen LogP contribution < -0.4 is 5.73 Å². The molecule has 0 amide bonds. The number of nitrogens with one attached hydrogen (secondary N) is 1. The normalized spacial score (nSPS) is 24.1. The molecule has 7 heteroatoms. The first-order valence-corrected chi connectivity index (χ1v) is 7.12. The second-order valence-corrected chi connectivity index (χ2v) is 6.51. The predicted octanol–water partition coefficient (Wildman–Crippen LogP) is 0.0759. The van der Waals surface area contributed by atoms with E-state index in [-0.39, 0.29) is 17.0 Å². The van der Waals surface area contributed by atoms with Gasteiger partial charge in [-0.15, -0.1) is 0 Å². The Hall–Kier alpha value is -0.920. The number of sulfonamides is 1. The molecule has 0 spiro atoms. The minimum Gasteiger partial charge on any atom is -0.332 e. The molecule has 0 bridgehead atoms. The van der Waals surface area contributed by atoms with Crippen molar-refractivity contribution in [2.45, 2.75) is 31.3 Å². The fourth-order valence-corrected chi connectivity index (χ4v) is 3.54. The molecule has 6 nitrogen and oxygen atoms in total. The highest BCUT2D eigenvalue weighted by molar-refractivity contribution is 7.89. The highest BCUT2D eigenvalue weighted by atomic mass is 32.2. The summed E-state index contributed by atoms with van der Waals surface area (Å²) >= 11 is 0. The van der Waals surface area contributed by atoms with Gasteiger partial charge in [0.25, 0.3) is 10.0 Å². The summed E-state index contributed by atoms with van der Waals surface area (Å²) in [5, 5.41) is 0.167. The average Bonchev–Trinajstić information content (AvgIpc) is 2.85. The third-order valence-electron chi connectivity index (χ3n) is 3.23. The molecule has 2 heterocycles. The molecule has 1 aliphatic rings.